The van der Waals surface area contributed by atoms with E-state index in [9.17, 15) is 13.2 Å². The number of nitrogens with zero attached hydrogens (tertiary/aromatic N) is 3. The van der Waals surface area contributed by atoms with Crippen LogP contribution >= 0.6 is 0 Å². The Hall–Kier alpha value is -2.56. The molecule has 5 nitrogen and oxygen atoms in total. The lowest BCUT2D eigenvalue weighted by Gasteiger charge is -2.11. The molecule has 0 aliphatic heterocycles. The van der Waals surface area contributed by atoms with Gasteiger partial charge in [0, 0.05) is 18.7 Å². The summed E-state index contributed by atoms with van der Waals surface area (Å²) in [7, 11) is 0. The van der Waals surface area contributed by atoms with Crippen molar-refractivity contribution in [3.05, 3.63) is 41.0 Å². The SMILES string of the molecule is Cc1noc(CCNc2ccc(C(F)(F)F)c(C#N)c2)n1. The van der Waals surface area contributed by atoms with Gasteiger partial charge in [-0.05, 0) is 25.1 Å². The van der Waals surface area contributed by atoms with Crippen LogP contribution < -0.4 is 5.32 Å². The van der Waals surface area contributed by atoms with Gasteiger partial charge in [0.25, 0.3) is 0 Å². The topological polar surface area (TPSA) is 74.7 Å². The second kappa shape index (κ2) is 5.83. The summed E-state index contributed by atoms with van der Waals surface area (Å²) < 4.78 is 42.8. The van der Waals surface area contributed by atoms with Gasteiger partial charge in [0.15, 0.2) is 5.82 Å². The number of hydrogen-bond acceptors (Lipinski definition) is 5. The molecule has 0 bridgehead atoms. The van der Waals surface area contributed by atoms with E-state index in [1.807, 2.05) is 0 Å². The predicted molar refractivity (Wildman–Crippen MR) is 67.4 cm³/mol. The van der Waals surface area contributed by atoms with Crippen LogP contribution in [0.15, 0.2) is 22.7 Å². The average Bonchev–Trinajstić information content (AvgIpc) is 2.83. The molecule has 0 aliphatic rings. The van der Waals surface area contributed by atoms with Gasteiger partial charge in [-0.15, -0.1) is 0 Å². The number of aryl methyl sites for hydroxylation is 1. The summed E-state index contributed by atoms with van der Waals surface area (Å²) in [5.74, 6) is 0.957. The first-order chi connectivity index (χ1) is 9.90. The third kappa shape index (κ3) is 3.72. The molecule has 1 aromatic carbocycles. The van der Waals surface area contributed by atoms with Crippen molar-refractivity contribution in [2.45, 2.75) is 19.5 Å². The highest BCUT2D eigenvalue weighted by Crippen LogP contribution is 2.32. The van der Waals surface area contributed by atoms with Crippen LogP contribution in [0.3, 0.4) is 0 Å². The summed E-state index contributed by atoms with van der Waals surface area (Å²) >= 11 is 0. The first kappa shape index (κ1) is 14.8. The van der Waals surface area contributed by atoms with Crippen molar-refractivity contribution in [2.24, 2.45) is 0 Å². The molecule has 0 unspecified atom stereocenters. The number of rotatable bonds is 4. The Morgan fingerprint density at radius 1 is 1.38 bits per heavy atom. The summed E-state index contributed by atoms with van der Waals surface area (Å²) in [5.41, 5.74) is -0.931. The molecule has 2 aromatic rings. The lowest BCUT2D eigenvalue weighted by molar-refractivity contribution is -0.137. The van der Waals surface area contributed by atoms with Crippen molar-refractivity contribution in [2.75, 3.05) is 11.9 Å². The second-order valence-corrected chi connectivity index (χ2v) is 4.28. The Morgan fingerprint density at radius 2 is 2.14 bits per heavy atom. The second-order valence-electron chi connectivity index (χ2n) is 4.28. The van der Waals surface area contributed by atoms with E-state index in [0.29, 0.717) is 30.4 Å². The Morgan fingerprint density at radius 3 is 2.71 bits per heavy atom. The summed E-state index contributed by atoms with van der Waals surface area (Å²) in [6, 6.07) is 4.89. The van der Waals surface area contributed by atoms with Crippen LogP contribution in [0.2, 0.25) is 0 Å². The quantitative estimate of drug-likeness (QED) is 0.939. The largest absolute Gasteiger partial charge is 0.417 e. The highest BCUT2D eigenvalue weighted by molar-refractivity contribution is 5.53. The van der Waals surface area contributed by atoms with Gasteiger partial charge >= 0.3 is 6.18 Å². The van der Waals surface area contributed by atoms with Gasteiger partial charge in [-0.2, -0.15) is 23.4 Å². The Bertz CT molecular complexity index is 673. The molecule has 8 heteroatoms. The maximum atomic E-state index is 12.6. The molecule has 21 heavy (non-hydrogen) atoms. The molecule has 0 spiro atoms. The van der Waals surface area contributed by atoms with Crippen molar-refractivity contribution in [3.63, 3.8) is 0 Å². The number of aromatic nitrogens is 2. The van der Waals surface area contributed by atoms with Gasteiger partial charge in [0.05, 0.1) is 17.2 Å². The van der Waals surface area contributed by atoms with Crippen molar-refractivity contribution >= 4 is 5.69 Å². The van der Waals surface area contributed by atoms with Gasteiger partial charge in [-0.25, -0.2) is 0 Å². The first-order valence-electron chi connectivity index (χ1n) is 6.04. The third-order valence-corrected chi connectivity index (χ3v) is 2.68. The smallest absolute Gasteiger partial charge is 0.384 e. The molecule has 0 atom stereocenters. The Kier molecular flexibility index (Phi) is 4.12. The van der Waals surface area contributed by atoms with E-state index in [1.165, 1.54) is 12.1 Å². The Balaban J connectivity index is 2.03. The zero-order valence-corrected chi connectivity index (χ0v) is 11.0. The molecule has 1 heterocycles. The summed E-state index contributed by atoms with van der Waals surface area (Å²) in [6.07, 6.45) is -4.10. The van der Waals surface area contributed by atoms with Crippen LogP contribution in [0.5, 0.6) is 0 Å². The van der Waals surface area contributed by atoms with Crippen LogP contribution in [-0.4, -0.2) is 16.7 Å². The standard InChI is InChI=1S/C13H11F3N4O/c1-8-19-12(21-20-8)4-5-18-10-2-3-11(13(14,15)16)9(6-10)7-17/h2-3,6,18H,4-5H2,1H3. The molecule has 0 aliphatic carbocycles. The fourth-order valence-electron chi connectivity index (χ4n) is 1.75. The van der Waals surface area contributed by atoms with E-state index in [1.54, 1.807) is 13.0 Å². The van der Waals surface area contributed by atoms with Crippen molar-refractivity contribution in [1.82, 2.24) is 10.1 Å². The van der Waals surface area contributed by atoms with E-state index < -0.39 is 17.3 Å². The van der Waals surface area contributed by atoms with E-state index in [-0.39, 0.29) is 0 Å². The monoisotopic (exact) mass is 296 g/mol. The summed E-state index contributed by atoms with van der Waals surface area (Å²) in [6.45, 7) is 2.09. The number of nitriles is 1. The van der Waals surface area contributed by atoms with Gasteiger partial charge in [-0.3, -0.25) is 0 Å². The number of halogens is 3. The molecular weight excluding hydrogens is 285 g/mol. The molecule has 0 radical (unpaired) electrons. The first-order valence-corrected chi connectivity index (χ1v) is 6.04. The van der Waals surface area contributed by atoms with Crippen LogP contribution in [0.25, 0.3) is 0 Å². The minimum atomic E-state index is -4.54. The lowest BCUT2D eigenvalue weighted by atomic mass is 10.1. The minimum Gasteiger partial charge on any atom is -0.384 e. The number of hydrogen-bond donors (Lipinski definition) is 1. The molecule has 1 aromatic heterocycles. The molecule has 2 rings (SSSR count). The van der Waals surface area contributed by atoms with E-state index >= 15 is 0 Å². The normalized spacial score (nSPS) is 11.2. The molecule has 1 N–H and O–H groups in total. The zero-order chi connectivity index (χ0) is 15.5. The molecule has 0 amide bonds. The van der Waals surface area contributed by atoms with Crippen molar-refractivity contribution in [3.8, 4) is 6.07 Å². The van der Waals surface area contributed by atoms with Crippen LogP contribution in [-0.2, 0) is 12.6 Å². The molecule has 0 saturated carbocycles. The Labute approximate surface area is 118 Å². The highest BCUT2D eigenvalue weighted by Gasteiger charge is 2.33. The lowest BCUT2D eigenvalue weighted by Crippen LogP contribution is -2.10. The van der Waals surface area contributed by atoms with Crippen LogP contribution in [0.1, 0.15) is 22.8 Å². The van der Waals surface area contributed by atoms with Gasteiger partial charge < -0.3 is 9.84 Å². The molecule has 110 valence electrons. The van der Waals surface area contributed by atoms with Gasteiger partial charge in [-0.1, -0.05) is 5.16 Å². The van der Waals surface area contributed by atoms with E-state index in [4.69, 9.17) is 9.78 Å². The predicted octanol–water partition coefficient (Wildman–Crippen LogP) is 2.92. The minimum absolute atomic E-state index is 0.401. The molecule has 0 fully saturated rings. The maximum absolute atomic E-state index is 12.6. The number of anilines is 1. The molecule has 0 saturated heterocycles. The number of alkyl halides is 3. The van der Waals surface area contributed by atoms with E-state index in [0.717, 1.165) is 6.07 Å². The van der Waals surface area contributed by atoms with Crippen LogP contribution in [0.4, 0.5) is 18.9 Å². The molecular formula is C13H11F3N4O. The fourth-order valence-corrected chi connectivity index (χ4v) is 1.75. The van der Waals surface area contributed by atoms with Crippen molar-refractivity contribution < 1.29 is 17.7 Å². The van der Waals surface area contributed by atoms with Gasteiger partial charge in [0.1, 0.15) is 0 Å². The fraction of sp³-hybridized carbons (Fsp3) is 0.308. The van der Waals surface area contributed by atoms with Crippen LogP contribution in [0, 0.1) is 18.3 Å². The average molecular weight is 296 g/mol. The van der Waals surface area contributed by atoms with Crippen molar-refractivity contribution in [1.29, 1.82) is 5.26 Å². The zero-order valence-electron chi connectivity index (χ0n) is 11.0. The third-order valence-electron chi connectivity index (χ3n) is 2.68. The summed E-state index contributed by atoms with van der Waals surface area (Å²) in [5, 5.41) is 15.3. The highest BCUT2D eigenvalue weighted by atomic mass is 19.4. The number of benzene rings is 1. The maximum Gasteiger partial charge on any atom is 0.417 e. The van der Waals surface area contributed by atoms with E-state index in [2.05, 4.69) is 15.5 Å². The van der Waals surface area contributed by atoms with Gasteiger partial charge in [0.2, 0.25) is 5.89 Å². The number of nitrogens with one attached hydrogen (secondary N) is 1. The summed E-state index contributed by atoms with van der Waals surface area (Å²) in [4.78, 5) is 4.00.